The van der Waals surface area contributed by atoms with Gasteiger partial charge in [-0.05, 0) is 43.4 Å². The molecular formula is C20H33NaO3. The summed E-state index contributed by atoms with van der Waals surface area (Å²) in [5.74, 6) is -0.211. The fourth-order valence-corrected chi connectivity index (χ4v) is 2.62. The van der Waals surface area contributed by atoms with Gasteiger partial charge in [0, 0.05) is 0 Å². The Hall–Kier alpha value is -0.510. The van der Waals surface area contributed by atoms with Gasteiger partial charge in [-0.25, -0.2) is 4.79 Å². The van der Waals surface area contributed by atoms with Crippen molar-refractivity contribution >= 4 is 5.97 Å². The molecule has 1 aromatic carbocycles. The molecule has 3 nitrogen and oxygen atoms in total. The van der Waals surface area contributed by atoms with E-state index in [-0.39, 0.29) is 31.0 Å². The summed E-state index contributed by atoms with van der Waals surface area (Å²) in [6.07, 6.45) is 10.2. The number of hydrogen-bond donors (Lipinski definition) is 1. The van der Waals surface area contributed by atoms with Crippen LogP contribution in [0.25, 0.3) is 0 Å². The molecule has 0 bridgehead atoms. The first-order valence-electron chi connectivity index (χ1n) is 9.15. The normalized spacial score (nSPS) is 11.6. The van der Waals surface area contributed by atoms with Crippen molar-refractivity contribution in [3.05, 3.63) is 29.8 Å². The average Bonchev–Trinajstić information content (AvgIpc) is 2.56. The Morgan fingerprint density at radius 1 is 1.00 bits per heavy atom. The summed E-state index contributed by atoms with van der Waals surface area (Å²) in [4.78, 5) is 11.4. The van der Waals surface area contributed by atoms with Gasteiger partial charge in [0.15, 0.2) is 6.10 Å². The molecule has 0 saturated carbocycles. The molecule has 1 atom stereocenters. The van der Waals surface area contributed by atoms with Gasteiger partial charge >= 0.3 is 35.5 Å². The summed E-state index contributed by atoms with van der Waals surface area (Å²) in [6.45, 7) is 4.37. The summed E-state index contributed by atoms with van der Waals surface area (Å²) in [5, 5.41) is 9.32. The van der Waals surface area contributed by atoms with Gasteiger partial charge < -0.3 is 11.3 Å². The van der Waals surface area contributed by atoms with E-state index in [1.807, 2.05) is 24.3 Å². The smallest absolute Gasteiger partial charge is 1.00 e. The summed E-state index contributed by atoms with van der Waals surface area (Å²) in [6, 6.07) is 7.85. The number of carboxylic acids is 1. The van der Waals surface area contributed by atoms with Crippen LogP contribution in [0, 0.1) is 0 Å². The van der Waals surface area contributed by atoms with E-state index in [0.29, 0.717) is 12.2 Å². The van der Waals surface area contributed by atoms with Crippen LogP contribution in [0.2, 0.25) is 0 Å². The number of unbranched alkanes of at least 4 members (excludes halogenated alkanes) is 6. The molecule has 0 amide bonds. The molecule has 0 spiro atoms. The quantitative estimate of drug-likeness (QED) is 0.442. The Kier molecular flexibility index (Phi) is 14.5. The Labute approximate surface area is 171 Å². The fraction of sp³-hybridized carbons (Fsp3) is 0.650. The van der Waals surface area contributed by atoms with E-state index in [1.54, 1.807) is 0 Å². The summed E-state index contributed by atoms with van der Waals surface area (Å²) in [5.41, 5.74) is 1.28. The van der Waals surface area contributed by atoms with E-state index in [9.17, 15) is 9.90 Å². The Bertz CT molecular complexity index is 437. The van der Waals surface area contributed by atoms with Crippen LogP contribution in [0.1, 0.15) is 78.6 Å². The molecule has 0 aliphatic rings. The Morgan fingerprint density at radius 3 is 2.17 bits per heavy atom. The standard InChI is InChI=1S/C20H32O3.Na.H/c1-3-5-7-8-9-10-12-19(20(21)22)23-18-15-13-17(14-16-18)11-6-4-2;;/h13-16,19H,3-12H2,1-2H3,(H,21,22);;/q;+1;-1. The first-order chi connectivity index (χ1) is 11.2. The first kappa shape index (κ1) is 23.5. The maximum absolute atomic E-state index is 11.4. The van der Waals surface area contributed by atoms with Crippen LogP contribution >= 0.6 is 0 Å². The zero-order valence-electron chi connectivity index (χ0n) is 16.7. The van der Waals surface area contributed by atoms with Gasteiger partial charge in [0.25, 0.3) is 0 Å². The number of ether oxygens (including phenoxy) is 1. The molecule has 0 fully saturated rings. The molecule has 0 radical (unpaired) electrons. The van der Waals surface area contributed by atoms with Crippen LogP contribution in [-0.4, -0.2) is 17.2 Å². The van der Waals surface area contributed by atoms with Gasteiger partial charge in [-0.1, -0.05) is 64.5 Å². The number of hydrogen-bond acceptors (Lipinski definition) is 2. The minimum atomic E-state index is -0.867. The molecule has 0 aromatic heterocycles. The van der Waals surface area contributed by atoms with Crippen molar-refractivity contribution < 1.29 is 45.6 Å². The SMILES string of the molecule is CCCCCCCCC(Oc1ccc(CCCC)cc1)C(=O)O.[H-].[Na+]. The minimum Gasteiger partial charge on any atom is -1.00 e. The number of benzene rings is 1. The Balaban J connectivity index is 0. The second-order valence-electron chi connectivity index (χ2n) is 6.25. The van der Waals surface area contributed by atoms with E-state index >= 15 is 0 Å². The van der Waals surface area contributed by atoms with Crippen LogP contribution < -0.4 is 34.3 Å². The topological polar surface area (TPSA) is 46.5 Å². The van der Waals surface area contributed by atoms with Crippen LogP contribution in [0.4, 0.5) is 0 Å². The molecule has 4 heteroatoms. The molecule has 1 aromatic rings. The largest absolute Gasteiger partial charge is 1.00 e. The van der Waals surface area contributed by atoms with Crippen molar-refractivity contribution in [2.75, 3.05) is 0 Å². The van der Waals surface area contributed by atoms with Gasteiger partial charge in [0.05, 0.1) is 0 Å². The second kappa shape index (κ2) is 14.8. The summed E-state index contributed by atoms with van der Waals surface area (Å²) < 4.78 is 5.66. The number of carbonyl (C=O) groups is 1. The van der Waals surface area contributed by atoms with Crippen LogP contribution in [0.3, 0.4) is 0 Å². The van der Waals surface area contributed by atoms with Gasteiger partial charge in [0.2, 0.25) is 0 Å². The molecule has 1 N–H and O–H groups in total. The second-order valence-corrected chi connectivity index (χ2v) is 6.25. The molecule has 1 unspecified atom stereocenters. The molecule has 132 valence electrons. The molecule has 0 heterocycles. The van der Waals surface area contributed by atoms with Crippen LogP contribution in [0.5, 0.6) is 5.75 Å². The van der Waals surface area contributed by atoms with E-state index in [1.165, 1.54) is 44.1 Å². The van der Waals surface area contributed by atoms with Crippen molar-refractivity contribution in [1.29, 1.82) is 0 Å². The van der Waals surface area contributed by atoms with Crippen LogP contribution in [-0.2, 0) is 11.2 Å². The van der Waals surface area contributed by atoms with Gasteiger partial charge in [-0.15, -0.1) is 0 Å². The molecule has 0 aliphatic heterocycles. The molecule has 1 rings (SSSR count). The molecule has 24 heavy (non-hydrogen) atoms. The molecular weight excluding hydrogens is 311 g/mol. The van der Waals surface area contributed by atoms with Crippen molar-refractivity contribution in [3.8, 4) is 5.75 Å². The Morgan fingerprint density at radius 2 is 1.58 bits per heavy atom. The zero-order valence-corrected chi connectivity index (χ0v) is 17.7. The fourth-order valence-electron chi connectivity index (χ4n) is 2.62. The van der Waals surface area contributed by atoms with Gasteiger partial charge in [-0.2, -0.15) is 0 Å². The number of aryl methyl sites for hydroxylation is 1. The predicted octanol–water partition coefficient (Wildman–Crippen LogP) is 2.73. The number of rotatable bonds is 13. The number of aliphatic carboxylic acids is 1. The van der Waals surface area contributed by atoms with Gasteiger partial charge in [0.1, 0.15) is 5.75 Å². The minimum absolute atomic E-state index is 0. The predicted molar refractivity (Wildman–Crippen MR) is 96.2 cm³/mol. The number of carboxylic acid groups (broad SMARTS) is 1. The maximum atomic E-state index is 11.4. The van der Waals surface area contributed by atoms with Crippen molar-refractivity contribution in [1.82, 2.24) is 0 Å². The maximum Gasteiger partial charge on any atom is 1.00 e. The van der Waals surface area contributed by atoms with Crippen molar-refractivity contribution in [2.45, 2.75) is 84.2 Å². The third kappa shape index (κ3) is 10.4. The summed E-state index contributed by atoms with van der Waals surface area (Å²) in [7, 11) is 0. The molecule has 0 aliphatic carbocycles. The monoisotopic (exact) mass is 344 g/mol. The van der Waals surface area contributed by atoms with E-state index in [2.05, 4.69) is 13.8 Å². The third-order valence-electron chi connectivity index (χ3n) is 4.12. The first-order valence-corrected chi connectivity index (χ1v) is 9.15. The zero-order chi connectivity index (χ0) is 16.9. The van der Waals surface area contributed by atoms with Crippen molar-refractivity contribution in [2.24, 2.45) is 0 Å². The van der Waals surface area contributed by atoms with Crippen LogP contribution in [0.15, 0.2) is 24.3 Å². The average molecular weight is 344 g/mol. The third-order valence-corrected chi connectivity index (χ3v) is 4.12. The van der Waals surface area contributed by atoms with Crippen molar-refractivity contribution in [3.63, 3.8) is 0 Å². The molecule has 0 saturated heterocycles. The van der Waals surface area contributed by atoms with Gasteiger partial charge in [-0.3, -0.25) is 0 Å². The van der Waals surface area contributed by atoms with E-state index < -0.39 is 12.1 Å². The van der Waals surface area contributed by atoms with E-state index in [4.69, 9.17) is 4.74 Å². The summed E-state index contributed by atoms with van der Waals surface area (Å²) >= 11 is 0. The van der Waals surface area contributed by atoms with E-state index in [0.717, 1.165) is 19.3 Å².